The highest BCUT2D eigenvalue weighted by Gasteiger charge is 2.22. The molecule has 2 heterocycles. The van der Waals surface area contributed by atoms with Crippen LogP contribution in [0.4, 0.5) is 0 Å². The summed E-state index contributed by atoms with van der Waals surface area (Å²) < 4.78 is 2.26. The quantitative estimate of drug-likeness (QED) is 0.845. The topological polar surface area (TPSA) is 34.9 Å². The summed E-state index contributed by atoms with van der Waals surface area (Å²) in [6, 6.07) is 8.43. The molecular weight excluding hydrogens is 324 g/mol. The summed E-state index contributed by atoms with van der Waals surface area (Å²) in [6.45, 7) is 2.53. The second-order valence-electron chi connectivity index (χ2n) is 4.65. The van der Waals surface area contributed by atoms with E-state index >= 15 is 0 Å². The second-order valence-corrected chi connectivity index (χ2v) is 6.79. The van der Waals surface area contributed by atoms with Crippen LogP contribution in [0.5, 0.6) is 0 Å². The van der Waals surface area contributed by atoms with Crippen LogP contribution in [0.2, 0.25) is 0 Å². The number of rotatable bonds is 2. The molecule has 19 heavy (non-hydrogen) atoms. The Hall–Kier alpha value is -1.07. The molecule has 0 saturated heterocycles. The number of fused-ring (bicyclic) bond motifs is 1. The van der Waals surface area contributed by atoms with E-state index in [-0.39, 0.29) is 5.56 Å². The first kappa shape index (κ1) is 12.9. The standard InChI is InChI=1S/C14H13BrN2OS/c1-9-13(15)14(18)17(8-16-9)7-11-6-10-4-2-3-5-12(10)19-11/h2-5,8,11H,6-7H2,1H3. The third-order valence-electron chi connectivity index (χ3n) is 3.27. The molecule has 3 nitrogen and oxygen atoms in total. The van der Waals surface area contributed by atoms with Crippen molar-refractivity contribution in [3.05, 3.63) is 56.7 Å². The van der Waals surface area contributed by atoms with Gasteiger partial charge in [-0.1, -0.05) is 18.2 Å². The summed E-state index contributed by atoms with van der Waals surface area (Å²) in [5.74, 6) is 0. The molecule has 1 atom stereocenters. The Balaban J connectivity index is 1.82. The van der Waals surface area contributed by atoms with Crippen LogP contribution >= 0.6 is 27.7 Å². The molecule has 0 saturated carbocycles. The summed E-state index contributed by atoms with van der Waals surface area (Å²) in [5, 5.41) is 0.409. The van der Waals surface area contributed by atoms with E-state index in [1.54, 1.807) is 10.9 Å². The SMILES string of the molecule is Cc1ncn(CC2Cc3ccccc3S2)c(=O)c1Br. The summed E-state index contributed by atoms with van der Waals surface area (Å²) in [6.07, 6.45) is 2.66. The Morgan fingerprint density at radius 3 is 3.05 bits per heavy atom. The highest BCUT2D eigenvalue weighted by molar-refractivity contribution is 9.10. The van der Waals surface area contributed by atoms with Gasteiger partial charge in [-0.25, -0.2) is 4.98 Å². The maximum Gasteiger partial charge on any atom is 0.267 e. The van der Waals surface area contributed by atoms with Crippen LogP contribution in [0.15, 0.2) is 44.8 Å². The molecule has 3 rings (SSSR count). The Bertz CT molecular complexity index is 658. The second kappa shape index (κ2) is 5.13. The lowest BCUT2D eigenvalue weighted by atomic mass is 10.1. The zero-order valence-electron chi connectivity index (χ0n) is 10.5. The molecule has 1 aromatic heterocycles. The van der Waals surface area contributed by atoms with Gasteiger partial charge >= 0.3 is 0 Å². The van der Waals surface area contributed by atoms with E-state index in [9.17, 15) is 4.79 Å². The van der Waals surface area contributed by atoms with Gasteiger partial charge in [0.05, 0.1) is 12.0 Å². The van der Waals surface area contributed by atoms with Crippen LogP contribution in [0.3, 0.4) is 0 Å². The number of nitrogens with zero attached hydrogens (tertiary/aromatic N) is 2. The van der Waals surface area contributed by atoms with E-state index in [2.05, 4.69) is 45.2 Å². The maximum atomic E-state index is 12.1. The van der Waals surface area contributed by atoms with Crippen molar-refractivity contribution < 1.29 is 0 Å². The molecule has 0 amide bonds. The molecule has 98 valence electrons. The van der Waals surface area contributed by atoms with Crippen LogP contribution in [0.25, 0.3) is 0 Å². The number of benzene rings is 1. The Kier molecular flexibility index (Phi) is 3.50. The van der Waals surface area contributed by atoms with Gasteiger partial charge in [0.15, 0.2) is 0 Å². The average Bonchev–Trinajstić information content (AvgIpc) is 2.82. The Morgan fingerprint density at radius 2 is 2.26 bits per heavy atom. The van der Waals surface area contributed by atoms with Crippen molar-refractivity contribution in [3.8, 4) is 0 Å². The molecule has 1 aliphatic heterocycles. The first-order chi connectivity index (χ1) is 9.15. The molecule has 0 fully saturated rings. The number of thioether (sulfide) groups is 1. The smallest absolute Gasteiger partial charge is 0.267 e. The number of halogens is 1. The molecule has 5 heteroatoms. The normalized spacial score (nSPS) is 17.5. The lowest BCUT2D eigenvalue weighted by Gasteiger charge is -2.11. The fourth-order valence-electron chi connectivity index (χ4n) is 2.25. The van der Waals surface area contributed by atoms with Gasteiger partial charge < -0.3 is 0 Å². The third-order valence-corrected chi connectivity index (χ3v) is 5.49. The molecular formula is C14H13BrN2OS. The van der Waals surface area contributed by atoms with Crippen molar-refractivity contribution in [2.75, 3.05) is 0 Å². The van der Waals surface area contributed by atoms with E-state index < -0.39 is 0 Å². The molecule has 2 aromatic rings. The van der Waals surface area contributed by atoms with Crippen LogP contribution < -0.4 is 5.56 Å². The Morgan fingerprint density at radius 1 is 1.47 bits per heavy atom. The van der Waals surface area contributed by atoms with Crippen molar-refractivity contribution in [1.82, 2.24) is 9.55 Å². The van der Waals surface area contributed by atoms with Gasteiger partial charge in [0, 0.05) is 16.7 Å². The van der Waals surface area contributed by atoms with E-state index in [1.807, 2.05) is 18.7 Å². The minimum Gasteiger partial charge on any atom is -0.297 e. The molecule has 0 radical (unpaired) electrons. The van der Waals surface area contributed by atoms with Crippen molar-refractivity contribution in [2.45, 2.75) is 30.0 Å². The molecule has 1 aliphatic rings. The van der Waals surface area contributed by atoms with Crippen LogP contribution in [0.1, 0.15) is 11.3 Å². The highest BCUT2D eigenvalue weighted by atomic mass is 79.9. The highest BCUT2D eigenvalue weighted by Crippen LogP contribution is 2.37. The summed E-state index contributed by atoms with van der Waals surface area (Å²) in [7, 11) is 0. The van der Waals surface area contributed by atoms with Crippen molar-refractivity contribution in [2.24, 2.45) is 0 Å². The van der Waals surface area contributed by atoms with Gasteiger partial charge in [-0.05, 0) is 40.9 Å². The number of aryl methyl sites for hydroxylation is 1. The molecule has 0 N–H and O–H groups in total. The van der Waals surface area contributed by atoms with E-state index in [0.717, 1.165) is 12.1 Å². The lowest BCUT2D eigenvalue weighted by Crippen LogP contribution is -2.26. The zero-order valence-corrected chi connectivity index (χ0v) is 12.9. The number of hydrogen-bond acceptors (Lipinski definition) is 3. The van der Waals surface area contributed by atoms with Gasteiger partial charge in [0.1, 0.15) is 4.47 Å². The number of hydrogen-bond donors (Lipinski definition) is 0. The molecule has 1 aromatic carbocycles. The van der Waals surface area contributed by atoms with Gasteiger partial charge in [-0.3, -0.25) is 9.36 Å². The predicted molar refractivity (Wildman–Crippen MR) is 80.7 cm³/mol. The van der Waals surface area contributed by atoms with Crippen LogP contribution in [0, 0.1) is 6.92 Å². The fraction of sp³-hybridized carbons (Fsp3) is 0.286. The van der Waals surface area contributed by atoms with Crippen LogP contribution in [-0.4, -0.2) is 14.8 Å². The summed E-state index contributed by atoms with van der Waals surface area (Å²) in [5.41, 5.74) is 2.12. The average molecular weight is 337 g/mol. The molecule has 0 aliphatic carbocycles. The van der Waals surface area contributed by atoms with Crippen molar-refractivity contribution in [3.63, 3.8) is 0 Å². The maximum absolute atomic E-state index is 12.1. The van der Waals surface area contributed by atoms with E-state index in [4.69, 9.17) is 0 Å². The first-order valence-corrected chi connectivity index (χ1v) is 7.78. The van der Waals surface area contributed by atoms with Crippen LogP contribution in [-0.2, 0) is 13.0 Å². The van der Waals surface area contributed by atoms with Crippen molar-refractivity contribution in [1.29, 1.82) is 0 Å². The van der Waals surface area contributed by atoms with E-state index in [1.165, 1.54) is 10.5 Å². The lowest BCUT2D eigenvalue weighted by molar-refractivity contribution is 0.624. The molecule has 1 unspecified atom stereocenters. The summed E-state index contributed by atoms with van der Waals surface area (Å²) >= 11 is 5.15. The molecule has 0 bridgehead atoms. The van der Waals surface area contributed by atoms with Gasteiger partial charge in [0.2, 0.25) is 0 Å². The fourth-order valence-corrected chi connectivity index (χ4v) is 3.90. The van der Waals surface area contributed by atoms with Gasteiger partial charge in [-0.15, -0.1) is 11.8 Å². The minimum atomic E-state index is 0.00376. The van der Waals surface area contributed by atoms with E-state index in [0.29, 0.717) is 16.3 Å². The summed E-state index contributed by atoms with van der Waals surface area (Å²) in [4.78, 5) is 17.7. The minimum absolute atomic E-state index is 0.00376. The predicted octanol–water partition coefficient (Wildman–Crippen LogP) is 3.03. The Labute approximate surface area is 124 Å². The molecule has 0 spiro atoms. The zero-order chi connectivity index (χ0) is 13.4. The van der Waals surface area contributed by atoms with Gasteiger partial charge in [0.25, 0.3) is 5.56 Å². The van der Waals surface area contributed by atoms with Crippen molar-refractivity contribution >= 4 is 27.7 Å². The largest absolute Gasteiger partial charge is 0.297 e. The van der Waals surface area contributed by atoms with Gasteiger partial charge in [-0.2, -0.15) is 0 Å². The monoisotopic (exact) mass is 336 g/mol. The first-order valence-electron chi connectivity index (χ1n) is 6.11. The number of aromatic nitrogens is 2. The third kappa shape index (κ3) is 2.49.